The van der Waals surface area contributed by atoms with Gasteiger partial charge in [0.1, 0.15) is 6.04 Å². The number of rotatable bonds is 5. The van der Waals surface area contributed by atoms with E-state index in [1.807, 2.05) is 23.6 Å². The molecule has 2 amide bonds. The summed E-state index contributed by atoms with van der Waals surface area (Å²) in [6.07, 6.45) is 5.07. The van der Waals surface area contributed by atoms with Crippen LogP contribution in [0, 0.1) is 0 Å². The van der Waals surface area contributed by atoms with Gasteiger partial charge in [-0.1, -0.05) is 26.7 Å². The fraction of sp³-hybridized carbons (Fsp3) is 0.857. The summed E-state index contributed by atoms with van der Waals surface area (Å²) in [5.41, 5.74) is 0. The third-order valence-corrected chi connectivity index (χ3v) is 5.32. The molecule has 19 heavy (non-hydrogen) atoms. The van der Waals surface area contributed by atoms with Gasteiger partial charge in [-0.3, -0.25) is 9.59 Å². The van der Waals surface area contributed by atoms with Crippen molar-refractivity contribution in [1.29, 1.82) is 0 Å². The molecule has 1 saturated heterocycles. The van der Waals surface area contributed by atoms with E-state index in [4.69, 9.17) is 0 Å². The molecule has 0 aromatic heterocycles. The lowest BCUT2D eigenvalue weighted by Crippen LogP contribution is -2.61. The Bertz CT molecular complexity index is 348. The van der Waals surface area contributed by atoms with E-state index in [0.717, 1.165) is 25.0 Å². The van der Waals surface area contributed by atoms with E-state index in [0.29, 0.717) is 5.25 Å². The molecule has 1 heterocycles. The zero-order chi connectivity index (χ0) is 13.8. The highest BCUT2D eigenvalue weighted by atomic mass is 32.2. The van der Waals surface area contributed by atoms with Crippen LogP contribution in [0.2, 0.25) is 0 Å². The minimum absolute atomic E-state index is 0.00481. The van der Waals surface area contributed by atoms with Crippen molar-refractivity contribution in [2.24, 2.45) is 0 Å². The van der Waals surface area contributed by atoms with Crippen molar-refractivity contribution in [3.63, 3.8) is 0 Å². The Morgan fingerprint density at radius 2 is 2.11 bits per heavy atom. The van der Waals surface area contributed by atoms with Gasteiger partial charge in [-0.15, -0.1) is 0 Å². The number of piperazine rings is 1. The first-order valence-electron chi connectivity index (χ1n) is 7.38. The Kier molecular flexibility index (Phi) is 5.13. The quantitative estimate of drug-likeness (QED) is 0.837. The first-order chi connectivity index (χ1) is 9.17. The molecule has 2 fully saturated rings. The highest BCUT2D eigenvalue weighted by molar-refractivity contribution is 7.99. The Labute approximate surface area is 119 Å². The van der Waals surface area contributed by atoms with Crippen LogP contribution in [-0.2, 0) is 9.59 Å². The number of hydrogen-bond donors (Lipinski definition) is 1. The summed E-state index contributed by atoms with van der Waals surface area (Å²) in [6.45, 7) is 4.46. The van der Waals surface area contributed by atoms with Gasteiger partial charge >= 0.3 is 0 Å². The number of hydrogen-bond acceptors (Lipinski definition) is 3. The van der Waals surface area contributed by atoms with Crippen molar-refractivity contribution in [3.05, 3.63) is 0 Å². The molecular weight excluding hydrogens is 260 g/mol. The number of carbonyl (C=O) groups is 2. The Balaban J connectivity index is 2.08. The van der Waals surface area contributed by atoms with Crippen LogP contribution in [-0.4, -0.2) is 46.3 Å². The molecule has 4 nitrogen and oxygen atoms in total. The second-order valence-corrected chi connectivity index (χ2v) is 6.88. The van der Waals surface area contributed by atoms with Gasteiger partial charge in [0.25, 0.3) is 0 Å². The molecule has 1 aliphatic carbocycles. The van der Waals surface area contributed by atoms with Crippen LogP contribution in [0.4, 0.5) is 0 Å². The summed E-state index contributed by atoms with van der Waals surface area (Å²) in [5.74, 6) is 1.22. The topological polar surface area (TPSA) is 49.4 Å². The smallest absolute Gasteiger partial charge is 0.245 e. The van der Waals surface area contributed by atoms with Crippen LogP contribution in [0.3, 0.4) is 0 Å². The minimum Gasteiger partial charge on any atom is -0.343 e. The van der Waals surface area contributed by atoms with Gasteiger partial charge in [0.15, 0.2) is 0 Å². The number of nitrogens with one attached hydrogen (secondary N) is 1. The average molecular weight is 284 g/mol. The van der Waals surface area contributed by atoms with Gasteiger partial charge in [0.2, 0.25) is 11.8 Å². The van der Waals surface area contributed by atoms with Crippen LogP contribution in [0.15, 0.2) is 0 Å². The summed E-state index contributed by atoms with van der Waals surface area (Å²) < 4.78 is 0. The molecule has 2 rings (SSSR count). The van der Waals surface area contributed by atoms with Crippen molar-refractivity contribution >= 4 is 23.6 Å². The van der Waals surface area contributed by atoms with Crippen LogP contribution in [0.25, 0.3) is 0 Å². The molecule has 5 heteroatoms. The first-order valence-corrected chi connectivity index (χ1v) is 8.43. The van der Waals surface area contributed by atoms with Crippen molar-refractivity contribution in [3.8, 4) is 0 Å². The van der Waals surface area contributed by atoms with Crippen LogP contribution in [0.5, 0.6) is 0 Å². The highest BCUT2D eigenvalue weighted by Gasteiger charge is 2.40. The fourth-order valence-electron chi connectivity index (χ4n) is 3.17. The van der Waals surface area contributed by atoms with Gasteiger partial charge in [-0.25, -0.2) is 0 Å². The van der Waals surface area contributed by atoms with Crippen LogP contribution in [0.1, 0.15) is 46.0 Å². The maximum Gasteiger partial charge on any atom is 0.245 e. The molecule has 1 aliphatic heterocycles. The zero-order valence-corrected chi connectivity index (χ0v) is 12.7. The van der Waals surface area contributed by atoms with Gasteiger partial charge in [-0.05, 0) is 25.0 Å². The van der Waals surface area contributed by atoms with E-state index in [9.17, 15) is 9.59 Å². The molecule has 0 aromatic rings. The monoisotopic (exact) mass is 284 g/mol. The minimum atomic E-state index is -0.292. The van der Waals surface area contributed by atoms with Crippen molar-refractivity contribution in [1.82, 2.24) is 10.2 Å². The average Bonchev–Trinajstić information content (AvgIpc) is 2.82. The van der Waals surface area contributed by atoms with Crippen molar-refractivity contribution in [2.45, 2.75) is 63.3 Å². The van der Waals surface area contributed by atoms with E-state index in [2.05, 4.69) is 12.2 Å². The Hall–Kier alpha value is -0.710. The predicted octanol–water partition coefficient (Wildman–Crippen LogP) is 1.79. The second kappa shape index (κ2) is 6.64. The number of amides is 2. The lowest BCUT2D eigenvalue weighted by molar-refractivity contribution is -0.146. The Morgan fingerprint density at radius 1 is 1.32 bits per heavy atom. The lowest BCUT2D eigenvalue weighted by atomic mass is 10.1. The molecule has 0 bridgehead atoms. The molecule has 3 unspecified atom stereocenters. The fourth-order valence-corrected chi connectivity index (χ4v) is 4.44. The van der Waals surface area contributed by atoms with E-state index in [1.165, 1.54) is 12.8 Å². The number of carbonyl (C=O) groups excluding carboxylic acids is 2. The molecular formula is C14H24N2O2S. The summed E-state index contributed by atoms with van der Waals surface area (Å²) in [6, 6.07) is -0.0259. The number of thioether (sulfide) groups is 1. The first kappa shape index (κ1) is 14.7. The Morgan fingerprint density at radius 3 is 2.79 bits per heavy atom. The molecule has 1 saturated carbocycles. The zero-order valence-electron chi connectivity index (χ0n) is 11.9. The lowest BCUT2D eigenvalue weighted by Gasteiger charge is -2.38. The molecule has 3 atom stereocenters. The van der Waals surface area contributed by atoms with E-state index in [-0.39, 0.29) is 30.4 Å². The second-order valence-electron chi connectivity index (χ2n) is 5.37. The highest BCUT2D eigenvalue weighted by Crippen LogP contribution is 2.34. The molecule has 0 spiro atoms. The predicted molar refractivity (Wildman–Crippen MR) is 78.1 cm³/mol. The largest absolute Gasteiger partial charge is 0.343 e. The van der Waals surface area contributed by atoms with E-state index < -0.39 is 0 Å². The SMILES string of the molecule is CCCC1NC(=O)CN(C2CCCC2SCC)C1=O. The van der Waals surface area contributed by atoms with Crippen molar-refractivity contribution < 1.29 is 9.59 Å². The van der Waals surface area contributed by atoms with Gasteiger partial charge in [0, 0.05) is 11.3 Å². The molecule has 0 aromatic carbocycles. The van der Waals surface area contributed by atoms with Crippen LogP contribution < -0.4 is 5.32 Å². The molecule has 1 N–H and O–H groups in total. The summed E-state index contributed by atoms with van der Waals surface area (Å²) in [4.78, 5) is 26.2. The van der Waals surface area contributed by atoms with Gasteiger partial charge < -0.3 is 10.2 Å². The van der Waals surface area contributed by atoms with E-state index >= 15 is 0 Å². The molecule has 2 aliphatic rings. The maximum atomic E-state index is 12.5. The normalized spacial score (nSPS) is 31.7. The van der Waals surface area contributed by atoms with Gasteiger partial charge in [-0.2, -0.15) is 11.8 Å². The summed E-state index contributed by atoms with van der Waals surface area (Å²) in [7, 11) is 0. The maximum absolute atomic E-state index is 12.5. The molecule has 0 radical (unpaired) electrons. The summed E-state index contributed by atoms with van der Waals surface area (Å²) in [5, 5.41) is 3.35. The standard InChI is InChI=1S/C14H24N2O2S/c1-3-6-10-14(18)16(9-13(17)15-10)11-7-5-8-12(11)19-4-2/h10-12H,3-9H2,1-2H3,(H,15,17). The number of nitrogens with zero attached hydrogens (tertiary/aromatic N) is 1. The molecule has 108 valence electrons. The summed E-state index contributed by atoms with van der Waals surface area (Å²) >= 11 is 1.93. The third-order valence-electron chi connectivity index (χ3n) is 4.01. The van der Waals surface area contributed by atoms with Gasteiger partial charge in [0.05, 0.1) is 6.54 Å². The van der Waals surface area contributed by atoms with Crippen molar-refractivity contribution in [2.75, 3.05) is 12.3 Å². The third kappa shape index (κ3) is 3.25. The van der Waals surface area contributed by atoms with Crippen LogP contribution >= 0.6 is 11.8 Å². The van der Waals surface area contributed by atoms with E-state index in [1.54, 1.807) is 0 Å².